The van der Waals surface area contributed by atoms with E-state index in [1.807, 2.05) is 24.5 Å². The van der Waals surface area contributed by atoms with Crippen LogP contribution in [0.1, 0.15) is 38.2 Å². The van der Waals surface area contributed by atoms with Crippen molar-refractivity contribution in [2.24, 2.45) is 0 Å². The number of hydrogen-bond acceptors (Lipinski definition) is 1. The highest BCUT2D eigenvalue weighted by Crippen LogP contribution is 1.98. The molecule has 14 heavy (non-hydrogen) atoms. The minimum atomic E-state index is 0.731. The molecule has 74 valence electrons. The molecule has 0 atom stereocenters. The zero-order valence-corrected chi connectivity index (χ0v) is 8.74. The molecule has 2 nitrogen and oxygen atoms in total. The second-order valence-corrected chi connectivity index (χ2v) is 3.50. The molecule has 1 aromatic rings. The van der Waals surface area contributed by atoms with Crippen molar-refractivity contribution in [1.29, 1.82) is 5.26 Å². The van der Waals surface area contributed by atoms with Crippen LogP contribution in [0.4, 0.5) is 0 Å². The standard InChI is InChI=1S/C12H17N2/c1-2-3-4-5-8-14-9-6-12(11-13)7-10-14/h6-7,9-10H,2-5,8H2,1H3/q+1. The topological polar surface area (TPSA) is 27.7 Å². The lowest BCUT2D eigenvalue weighted by Crippen LogP contribution is -2.32. The minimum absolute atomic E-state index is 0.731. The van der Waals surface area contributed by atoms with E-state index in [1.165, 1.54) is 25.7 Å². The van der Waals surface area contributed by atoms with E-state index in [0.717, 1.165) is 12.1 Å². The summed E-state index contributed by atoms with van der Waals surface area (Å²) in [4.78, 5) is 0. The maximum atomic E-state index is 8.62. The third kappa shape index (κ3) is 3.57. The number of aryl methyl sites for hydroxylation is 1. The summed E-state index contributed by atoms with van der Waals surface area (Å²) in [5, 5.41) is 8.62. The highest BCUT2D eigenvalue weighted by atomic mass is 14.9. The molecule has 1 aromatic heterocycles. The van der Waals surface area contributed by atoms with E-state index in [-0.39, 0.29) is 0 Å². The van der Waals surface area contributed by atoms with Gasteiger partial charge in [-0.1, -0.05) is 19.8 Å². The summed E-state index contributed by atoms with van der Waals surface area (Å²) in [7, 11) is 0. The predicted molar refractivity (Wildman–Crippen MR) is 55.5 cm³/mol. The Morgan fingerprint density at radius 2 is 1.93 bits per heavy atom. The zero-order valence-electron chi connectivity index (χ0n) is 8.74. The van der Waals surface area contributed by atoms with E-state index in [9.17, 15) is 0 Å². The summed E-state index contributed by atoms with van der Waals surface area (Å²) in [5.41, 5.74) is 0.731. The fourth-order valence-electron chi connectivity index (χ4n) is 1.40. The molecule has 0 spiro atoms. The minimum Gasteiger partial charge on any atom is -0.205 e. The molecule has 1 rings (SSSR count). The second-order valence-electron chi connectivity index (χ2n) is 3.50. The second kappa shape index (κ2) is 6.15. The lowest BCUT2D eigenvalue weighted by atomic mass is 10.2. The number of hydrogen-bond donors (Lipinski definition) is 0. The van der Waals surface area contributed by atoms with Crippen LogP contribution in [0.5, 0.6) is 0 Å². The van der Waals surface area contributed by atoms with E-state index in [4.69, 9.17) is 5.26 Å². The number of unbranched alkanes of at least 4 members (excludes halogenated alkanes) is 3. The van der Waals surface area contributed by atoms with Gasteiger partial charge in [0.2, 0.25) is 0 Å². The summed E-state index contributed by atoms with van der Waals surface area (Å²) < 4.78 is 2.14. The van der Waals surface area contributed by atoms with Crippen LogP contribution in [0.25, 0.3) is 0 Å². The molecular weight excluding hydrogens is 172 g/mol. The van der Waals surface area contributed by atoms with Crippen LogP contribution >= 0.6 is 0 Å². The summed E-state index contributed by atoms with van der Waals surface area (Å²) in [6.45, 7) is 3.28. The largest absolute Gasteiger partial charge is 0.205 e. The van der Waals surface area contributed by atoms with Crippen molar-refractivity contribution in [3.8, 4) is 6.07 Å². The Labute approximate surface area is 85.8 Å². The van der Waals surface area contributed by atoms with Crippen molar-refractivity contribution < 1.29 is 4.57 Å². The van der Waals surface area contributed by atoms with Gasteiger partial charge in [-0.25, -0.2) is 4.57 Å². The summed E-state index contributed by atoms with van der Waals surface area (Å²) in [6.07, 6.45) is 9.07. The monoisotopic (exact) mass is 189 g/mol. The third-order valence-corrected chi connectivity index (χ3v) is 2.29. The first-order valence-corrected chi connectivity index (χ1v) is 5.26. The molecule has 0 saturated heterocycles. The smallest absolute Gasteiger partial charge is 0.170 e. The maximum absolute atomic E-state index is 8.62. The average molecular weight is 189 g/mol. The van der Waals surface area contributed by atoms with Crippen LogP contribution < -0.4 is 4.57 Å². The lowest BCUT2D eigenvalue weighted by Gasteiger charge is -1.96. The van der Waals surface area contributed by atoms with Crippen molar-refractivity contribution in [2.45, 2.75) is 39.2 Å². The summed E-state index contributed by atoms with van der Waals surface area (Å²) in [5.74, 6) is 0. The van der Waals surface area contributed by atoms with Crippen molar-refractivity contribution >= 4 is 0 Å². The van der Waals surface area contributed by atoms with Crippen LogP contribution in [-0.4, -0.2) is 0 Å². The number of nitrogens with zero attached hydrogens (tertiary/aromatic N) is 2. The molecule has 0 bridgehead atoms. The van der Waals surface area contributed by atoms with Gasteiger partial charge in [0.1, 0.15) is 6.54 Å². The molecule has 2 heteroatoms. The van der Waals surface area contributed by atoms with E-state index in [1.54, 1.807) is 0 Å². The lowest BCUT2D eigenvalue weighted by molar-refractivity contribution is -0.697. The van der Waals surface area contributed by atoms with Crippen molar-refractivity contribution in [2.75, 3.05) is 0 Å². The highest BCUT2D eigenvalue weighted by Gasteiger charge is 1.99. The fourth-order valence-corrected chi connectivity index (χ4v) is 1.40. The third-order valence-electron chi connectivity index (χ3n) is 2.29. The van der Waals surface area contributed by atoms with E-state index < -0.39 is 0 Å². The molecule has 0 aliphatic rings. The van der Waals surface area contributed by atoms with Gasteiger partial charge in [-0.15, -0.1) is 0 Å². The SMILES string of the molecule is CCCCCC[n+]1ccc(C#N)cc1. The van der Waals surface area contributed by atoms with Crippen LogP contribution in [0.2, 0.25) is 0 Å². The van der Waals surface area contributed by atoms with Crippen molar-refractivity contribution in [1.82, 2.24) is 0 Å². The number of rotatable bonds is 5. The highest BCUT2D eigenvalue weighted by molar-refractivity contribution is 5.23. The molecule has 0 aliphatic heterocycles. The Balaban J connectivity index is 2.33. The van der Waals surface area contributed by atoms with Gasteiger partial charge >= 0.3 is 0 Å². The Bertz CT molecular complexity index is 295. The van der Waals surface area contributed by atoms with E-state index in [2.05, 4.69) is 17.6 Å². The van der Waals surface area contributed by atoms with Gasteiger partial charge in [-0.05, 0) is 6.42 Å². The van der Waals surface area contributed by atoms with Gasteiger partial charge in [0.15, 0.2) is 12.4 Å². The normalized spacial score (nSPS) is 9.71. The quantitative estimate of drug-likeness (QED) is 0.516. The van der Waals surface area contributed by atoms with Crippen LogP contribution in [0.15, 0.2) is 24.5 Å². The molecule has 0 aromatic carbocycles. The number of aromatic nitrogens is 1. The summed E-state index contributed by atoms with van der Waals surface area (Å²) in [6, 6.07) is 5.84. The van der Waals surface area contributed by atoms with Crippen molar-refractivity contribution in [3.63, 3.8) is 0 Å². The van der Waals surface area contributed by atoms with Gasteiger partial charge in [0.25, 0.3) is 0 Å². The van der Waals surface area contributed by atoms with E-state index in [0.29, 0.717) is 0 Å². The van der Waals surface area contributed by atoms with Crippen molar-refractivity contribution in [3.05, 3.63) is 30.1 Å². The molecular formula is C12H17N2+. The predicted octanol–water partition coefficient (Wildman–Crippen LogP) is 2.43. The Hall–Kier alpha value is -1.36. The molecule has 0 aliphatic carbocycles. The molecule has 0 unspecified atom stereocenters. The average Bonchev–Trinajstić information content (AvgIpc) is 2.25. The molecule has 1 heterocycles. The van der Waals surface area contributed by atoms with Gasteiger partial charge in [0.05, 0.1) is 11.6 Å². The fraction of sp³-hybridized carbons (Fsp3) is 0.500. The van der Waals surface area contributed by atoms with Gasteiger partial charge < -0.3 is 0 Å². The van der Waals surface area contributed by atoms with Crippen LogP contribution in [0, 0.1) is 11.3 Å². The molecule has 0 N–H and O–H groups in total. The Kier molecular flexibility index (Phi) is 4.71. The molecule has 0 radical (unpaired) electrons. The molecule has 0 amide bonds. The molecule has 0 fully saturated rings. The molecule has 0 saturated carbocycles. The van der Waals surface area contributed by atoms with E-state index >= 15 is 0 Å². The number of nitriles is 1. The zero-order chi connectivity index (χ0) is 10.2. The number of pyridine rings is 1. The van der Waals surface area contributed by atoms with Gasteiger partial charge in [-0.2, -0.15) is 5.26 Å². The van der Waals surface area contributed by atoms with Gasteiger partial charge in [-0.3, -0.25) is 0 Å². The summed E-state index contributed by atoms with van der Waals surface area (Å²) >= 11 is 0. The first-order valence-electron chi connectivity index (χ1n) is 5.26. The first-order chi connectivity index (χ1) is 6.86. The van der Waals surface area contributed by atoms with Crippen LogP contribution in [-0.2, 0) is 6.54 Å². The Morgan fingerprint density at radius 3 is 2.50 bits per heavy atom. The maximum Gasteiger partial charge on any atom is 0.170 e. The van der Waals surface area contributed by atoms with Crippen LogP contribution in [0.3, 0.4) is 0 Å². The van der Waals surface area contributed by atoms with Gasteiger partial charge in [0, 0.05) is 18.6 Å². The Morgan fingerprint density at radius 1 is 1.21 bits per heavy atom. The first kappa shape index (κ1) is 10.7.